The lowest BCUT2D eigenvalue weighted by Gasteiger charge is -2.07. The van der Waals surface area contributed by atoms with Gasteiger partial charge < -0.3 is 16.8 Å². The molecule has 17 heavy (non-hydrogen) atoms. The number of hydrogen-bond acceptors (Lipinski definition) is 5. The summed E-state index contributed by atoms with van der Waals surface area (Å²) in [5.41, 5.74) is 11.4. The van der Waals surface area contributed by atoms with Gasteiger partial charge in [-0.3, -0.25) is 9.59 Å². The molecule has 0 aliphatic rings. The molecule has 0 spiro atoms. The summed E-state index contributed by atoms with van der Waals surface area (Å²) < 4.78 is 0. The Bertz CT molecular complexity index is 452. The first-order chi connectivity index (χ1) is 7.84. The van der Waals surface area contributed by atoms with Gasteiger partial charge in [0.1, 0.15) is 5.00 Å². The highest BCUT2D eigenvalue weighted by Crippen LogP contribution is 2.35. The van der Waals surface area contributed by atoms with Gasteiger partial charge in [-0.15, -0.1) is 11.3 Å². The number of rotatable bonds is 5. The van der Waals surface area contributed by atoms with Crippen LogP contribution in [0.25, 0.3) is 0 Å². The van der Waals surface area contributed by atoms with Crippen LogP contribution in [0.1, 0.15) is 40.8 Å². The lowest BCUT2D eigenvalue weighted by Crippen LogP contribution is -2.16. The molecule has 0 bridgehead atoms. The maximum atomic E-state index is 11.3. The number of carbonyl (C=O) groups is 2. The molecule has 5 nitrogen and oxygen atoms in total. The fourth-order valence-corrected chi connectivity index (χ4v) is 2.40. The van der Waals surface area contributed by atoms with E-state index in [0.29, 0.717) is 22.3 Å². The van der Waals surface area contributed by atoms with E-state index in [-0.39, 0.29) is 17.0 Å². The number of thiophene rings is 1. The predicted molar refractivity (Wildman–Crippen MR) is 70.6 cm³/mol. The summed E-state index contributed by atoms with van der Waals surface area (Å²) in [6.07, 6.45) is 0. The molecule has 1 rings (SSSR count). The number of primary amides is 1. The zero-order valence-electron chi connectivity index (χ0n) is 10.2. The van der Waals surface area contributed by atoms with E-state index in [9.17, 15) is 9.59 Å². The Balaban J connectivity index is 3.14. The molecular formula is C11H17N3O2S. The van der Waals surface area contributed by atoms with Crippen LogP contribution in [0.5, 0.6) is 0 Å². The minimum Gasteiger partial charge on any atom is -0.397 e. The van der Waals surface area contributed by atoms with E-state index in [1.807, 2.05) is 13.8 Å². The van der Waals surface area contributed by atoms with Gasteiger partial charge in [0.05, 0.1) is 16.1 Å². The zero-order valence-corrected chi connectivity index (χ0v) is 11.0. The third-order valence-electron chi connectivity index (χ3n) is 2.18. The molecule has 5 N–H and O–H groups in total. The van der Waals surface area contributed by atoms with Crippen molar-refractivity contribution in [3.8, 4) is 0 Å². The number of nitrogens with one attached hydrogen (secondary N) is 1. The molecule has 0 atom stereocenters. The summed E-state index contributed by atoms with van der Waals surface area (Å²) in [6.45, 7) is 6.19. The Morgan fingerprint density at radius 2 is 2.00 bits per heavy atom. The van der Waals surface area contributed by atoms with Crippen molar-refractivity contribution in [2.75, 3.05) is 17.6 Å². The highest BCUT2D eigenvalue weighted by Gasteiger charge is 2.22. The van der Waals surface area contributed by atoms with Crippen molar-refractivity contribution in [2.45, 2.75) is 20.8 Å². The topological polar surface area (TPSA) is 98.2 Å². The van der Waals surface area contributed by atoms with Crippen molar-refractivity contribution in [2.24, 2.45) is 11.7 Å². The summed E-state index contributed by atoms with van der Waals surface area (Å²) in [4.78, 5) is 23.0. The standard InChI is InChI=1S/C11H17N3O2S/c1-5(2)4-14-11-7(10(13)16)8(12)9(17-11)6(3)15/h5,14H,4,12H2,1-3H3,(H2,13,16). The van der Waals surface area contributed by atoms with Crippen LogP contribution >= 0.6 is 11.3 Å². The van der Waals surface area contributed by atoms with Gasteiger partial charge in [0, 0.05) is 13.5 Å². The van der Waals surface area contributed by atoms with E-state index in [4.69, 9.17) is 11.5 Å². The van der Waals surface area contributed by atoms with Crippen molar-refractivity contribution < 1.29 is 9.59 Å². The molecule has 94 valence electrons. The molecule has 1 aromatic heterocycles. The largest absolute Gasteiger partial charge is 0.397 e. The summed E-state index contributed by atoms with van der Waals surface area (Å²) in [5.74, 6) is -0.357. The van der Waals surface area contributed by atoms with E-state index in [0.717, 1.165) is 0 Å². The lowest BCUT2D eigenvalue weighted by atomic mass is 10.2. The second-order valence-corrected chi connectivity index (χ2v) is 5.26. The zero-order chi connectivity index (χ0) is 13.2. The van der Waals surface area contributed by atoms with E-state index < -0.39 is 5.91 Å². The van der Waals surface area contributed by atoms with Crippen LogP contribution in [0.3, 0.4) is 0 Å². The van der Waals surface area contributed by atoms with Gasteiger partial charge in [-0.1, -0.05) is 13.8 Å². The smallest absolute Gasteiger partial charge is 0.253 e. The third kappa shape index (κ3) is 2.97. The van der Waals surface area contributed by atoms with Gasteiger partial charge >= 0.3 is 0 Å². The molecule has 0 aromatic carbocycles. The summed E-state index contributed by atoms with van der Waals surface area (Å²) in [7, 11) is 0. The van der Waals surface area contributed by atoms with Crippen molar-refractivity contribution in [1.82, 2.24) is 0 Å². The molecule has 0 aliphatic heterocycles. The molecule has 0 unspecified atom stereocenters. The van der Waals surface area contributed by atoms with E-state index in [1.165, 1.54) is 18.3 Å². The maximum absolute atomic E-state index is 11.3. The average Bonchev–Trinajstić information content (AvgIpc) is 2.52. The van der Waals surface area contributed by atoms with Crippen LogP contribution in [0, 0.1) is 5.92 Å². The Morgan fingerprint density at radius 3 is 2.41 bits per heavy atom. The first kappa shape index (κ1) is 13.5. The van der Waals surface area contributed by atoms with Crippen LogP contribution in [-0.2, 0) is 0 Å². The van der Waals surface area contributed by atoms with Crippen molar-refractivity contribution in [3.63, 3.8) is 0 Å². The van der Waals surface area contributed by atoms with Crippen LogP contribution in [0.4, 0.5) is 10.7 Å². The molecule has 6 heteroatoms. The van der Waals surface area contributed by atoms with Gasteiger partial charge in [-0.25, -0.2) is 0 Å². The number of ketones is 1. The summed E-state index contributed by atoms with van der Waals surface area (Å²) >= 11 is 1.18. The van der Waals surface area contributed by atoms with E-state index >= 15 is 0 Å². The summed E-state index contributed by atoms with van der Waals surface area (Å²) in [6, 6.07) is 0. The van der Waals surface area contributed by atoms with Gasteiger partial charge in [0.2, 0.25) is 0 Å². The summed E-state index contributed by atoms with van der Waals surface area (Å²) in [5, 5.41) is 3.67. The van der Waals surface area contributed by atoms with Crippen molar-refractivity contribution in [1.29, 1.82) is 0 Å². The normalized spacial score (nSPS) is 10.6. The Hall–Kier alpha value is -1.56. The quantitative estimate of drug-likeness (QED) is 0.697. The molecule has 0 aliphatic carbocycles. The first-order valence-electron chi connectivity index (χ1n) is 5.31. The fourth-order valence-electron chi connectivity index (χ4n) is 1.37. The van der Waals surface area contributed by atoms with Crippen molar-refractivity contribution >= 4 is 33.7 Å². The first-order valence-corrected chi connectivity index (χ1v) is 6.13. The number of anilines is 2. The molecule has 0 radical (unpaired) electrons. The van der Waals surface area contributed by atoms with Crippen LogP contribution in [0.2, 0.25) is 0 Å². The minimum atomic E-state index is -0.613. The van der Waals surface area contributed by atoms with Gasteiger partial charge in [0.15, 0.2) is 5.78 Å². The third-order valence-corrected chi connectivity index (χ3v) is 3.45. The van der Waals surface area contributed by atoms with E-state index in [2.05, 4.69) is 5.32 Å². The Morgan fingerprint density at radius 1 is 1.41 bits per heavy atom. The second-order valence-electron chi connectivity index (χ2n) is 4.24. The fraction of sp³-hybridized carbons (Fsp3) is 0.455. The van der Waals surface area contributed by atoms with Gasteiger partial charge in [0.25, 0.3) is 5.91 Å². The Labute approximate surface area is 104 Å². The molecule has 1 heterocycles. The van der Waals surface area contributed by atoms with E-state index in [1.54, 1.807) is 0 Å². The van der Waals surface area contributed by atoms with Gasteiger partial charge in [-0.2, -0.15) is 0 Å². The highest BCUT2D eigenvalue weighted by atomic mass is 32.1. The number of nitrogen functional groups attached to an aromatic ring is 1. The number of hydrogen-bond donors (Lipinski definition) is 3. The number of carbonyl (C=O) groups excluding carboxylic acids is 2. The van der Waals surface area contributed by atoms with Crippen molar-refractivity contribution in [3.05, 3.63) is 10.4 Å². The predicted octanol–water partition coefficient (Wildman–Crippen LogP) is 1.70. The van der Waals surface area contributed by atoms with Crippen LogP contribution < -0.4 is 16.8 Å². The molecule has 0 saturated carbocycles. The maximum Gasteiger partial charge on any atom is 0.253 e. The highest BCUT2D eigenvalue weighted by molar-refractivity contribution is 7.19. The molecule has 0 saturated heterocycles. The SMILES string of the molecule is CC(=O)c1sc(NCC(C)C)c(C(N)=O)c1N. The molecule has 1 aromatic rings. The number of nitrogens with two attached hydrogens (primary N) is 2. The second kappa shape index (κ2) is 5.18. The number of Topliss-reactive ketones (excluding diaryl/α,β-unsaturated/α-hetero) is 1. The van der Waals surface area contributed by atoms with Crippen LogP contribution in [-0.4, -0.2) is 18.2 Å². The monoisotopic (exact) mass is 255 g/mol. The molecule has 1 amide bonds. The van der Waals surface area contributed by atoms with Crippen LogP contribution in [0.15, 0.2) is 0 Å². The minimum absolute atomic E-state index is 0.160. The lowest BCUT2D eigenvalue weighted by molar-refractivity contribution is 0.100. The van der Waals surface area contributed by atoms with Gasteiger partial charge in [-0.05, 0) is 5.92 Å². The number of amides is 1. The molecular weight excluding hydrogens is 238 g/mol. The molecule has 0 fully saturated rings. The Kier molecular flexibility index (Phi) is 4.11. The average molecular weight is 255 g/mol.